The summed E-state index contributed by atoms with van der Waals surface area (Å²) < 4.78 is 0. The van der Waals surface area contributed by atoms with Gasteiger partial charge in [0.2, 0.25) is 0 Å². The Bertz CT molecular complexity index is 2390. The van der Waals surface area contributed by atoms with Crippen molar-refractivity contribution in [2.45, 2.75) is 6.42 Å². The first-order valence-electron chi connectivity index (χ1n) is 16.2. The lowest BCUT2D eigenvalue weighted by Gasteiger charge is -2.34. The van der Waals surface area contributed by atoms with Gasteiger partial charge in [-0.2, -0.15) is 0 Å². The number of fused-ring (bicyclic) bond motifs is 4. The van der Waals surface area contributed by atoms with E-state index in [0.29, 0.717) is 0 Å². The molecule has 0 spiro atoms. The number of rotatable bonds is 5. The highest BCUT2D eigenvalue weighted by Gasteiger charge is 2.24. The first kappa shape index (κ1) is 27.2. The quantitative estimate of drug-likeness (QED) is 0.194. The average molecular weight is 601 g/mol. The molecule has 1 aliphatic heterocycles. The summed E-state index contributed by atoms with van der Waals surface area (Å²) >= 11 is 0. The van der Waals surface area contributed by atoms with Crippen LogP contribution in [-0.2, 0) is 6.42 Å². The summed E-state index contributed by atoms with van der Waals surface area (Å²) in [5.41, 5.74) is 12.2. The van der Waals surface area contributed by atoms with Crippen molar-refractivity contribution in [1.29, 1.82) is 0 Å². The zero-order chi connectivity index (χ0) is 31.2. The van der Waals surface area contributed by atoms with Gasteiger partial charge in [0.05, 0.1) is 5.69 Å². The molecule has 0 atom stereocenters. The van der Waals surface area contributed by atoms with Crippen molar-refractivity contribution in [1.82, 2.24) is 0 Å². The SMILES string of the molecule is c1ccc(N(c2ccc(-c3ccc4c(c3)Cc3ccccc3N4c3ccc4ccccc4c3)cc2)c2cccc3ccccc23)cc1. The molecule has 0 saturated heterocycles. The minimum atomic E-state index is 0.907. The zero-order valence-electron chi connectivity index (χ0n) is 25.9. The van der Waals surface area contributed by atoms with Gasteiger partial charge in [0.25, 0.3) is 0 Å². The molecule has 0 aliphatic carbocycles. The molecule has 8 aromatic rings. The molecule has 2 heteroatoms. The summed E-state index contributed by atoms with van der Waals surface area (Å²) in [6.45, 7) is 0. The Morgan fingerprint density at radius 1 is 0.404 bits per heavy atom. The Balaban J connectivity index is 1.11. The predicted octanol–water partition coefficient (Wildman–Crippen LogP) is 12.5. The molecule has 1 aliphatic rings. The number of hydrogen-bond donors (Lipinski definition) is 0. The van der Waals surface area contributed by atoms with Gasteiger partial charge in [-0.25, -0.2) is 0 Å². The first-order chi connectivity index (χ1) is 23.3. The molecule has 0 N–H and O–H groups in total. The lowest BCUT2D eigenvalue weighted by Crippen LogP contribution is -2.18. The second-order valence-electron chi connectivity index (χ2n) is 12.2. The Morgan fingerprint density at radius 2 is 1.06 bits per heavy atom. The van der Waals surface area contributed by atoms with Gasteiger partial charge < -0.3 is 9.80 Å². The van der Waals surface area contributed by atoms with E-state index in [-0.39, 0.29) is 0 Å². The van der Waals surface area contributed by atoms with Gasteiger partial charge in [-0.1, -0.05) is 121 Å². The smallest absolute Gasteiger partial charge is 0.0540 e. The Kier molecular flexibility index (Phi) is 6.57. The molecule has 47 heavy (non-hydrogen) atoms. The van der Waals surface area contributed by atoms with Crippen molar-refractivity contribution in [3.63, 3.8) is 0 Å². The molecule has 0 saturated carbocycles. The number of benzene rings is 8. The van der Waals surface area contributed by atoms with Crippen LogP contribution in [0.1, 0.15) is 11.1 Å². The molecule has 0 aromatic heterocycles. The van der Waals surface area contributed by atoms with Crippen LogP contribution in [0, 0.1) is 0 Å². The summed E-state index contributed by atoms with van der Waals surface area (Å²) in [5, 5.41) is 4.97. The van der Waals surface area contributed by atoms with Crippen LogP contribution in [0.5, 0.6) is 0 Å². The highest BCUT2D eigenvalue weighted by Crippen LogP contribution is 2.46. The largest absolute Gasteiger partial charge is 0.310 e. The van der Waals surface area contributed by atoms with E-state index in [1.54, 1.807) is 0 Å². The van der Waals surface area contributed by atoms with E-state index in [2.05, 4.69) is 192 Å². The Morgan fingerprint density at radius 3 is 1.94 bits per heavy atom. The van der Waals surface area contributed by atoms with E-state index >= 15 is 0 Å². The molecule has 0 radical (unpaired) electrons. The van der Waals surface area contributed by atoms with Crippen LogP contribution in [0.15, 0.2) is 182 Å². The predicted molar refractivity (Wildman–Crippen MR) is 199 cm³/mol. The number of hydrogen-bond acceptors (Lipinski definition) is 2. The van der Waals surface area contributed by atoms with E-state index in [1.807, 2.05) is 0 Å². The zero-order valence-corrected chi connectivity index (χ0v) is 25.9. The van der Waals surface area contributed by atoms with Crippen molar-refractivity contribution in [2.75, 3.05) is 9.80 Å². The molecule has 0 fully saturated rings. The fourth-order valence-electron chi connectivity index (χ4n) is 7.14. The fraction of sp³-hybridized carbons (Fsp3) is 0.0222. The molecule has 1 heterocycles. The highest BCUT2D eigenvalue weighted by molar-refractivity contribution is 5.99. The number of nitrogens with zero attached hydrogens (tertiary/aromatic N) is 2. The molecule has 8 aromatic carbocycles. The van der Waals surface area contributed by atoms with Crippen molar-refractivity contribution in [2.24, 2.45) is 0 Å². The minimum Gasteiger partial charge on any atom is -0.310 e. The van der Waals surface area contributed by atoms with Gasteiger partial charge in [-0.3, -0.25) is 0 Å². The van der Waals surface area contributed by atoms with E-state index in [1.165, 1.54) is 66.5 Å². The van der Waals surface area contributed by atoms with Gasteiger partial charge in [-0.15, -0.1) is 0 Å². The maximum absolute atomic E-state index is 2.43. The monoisotopic (exact) mass is 600 g/mol. The van der Waals surface area contributed by atoms with E-state index in [4.69, 9.17) is 0 Å². The summed E-state index contributed by atoms with van der Waals surface area (Å²) in [6.07, 6.45) is 0.907. The third-order valence-electron chi connectivity index (χ3n) is 9.41. The normalized spacial score (nSPS) is 12.1. The van der Waals surface area contributed by atoms with E-state index < -0.39 is 0 Å². The van der Waals surface area contributed by atoms with Gasteiger partial charge in [0, 0.05) is 40.2 Å². The second-order valence-corrected chi connectivity index (χ2v) is 12.2. The summed E-state index contributed by atoms with van der Waals surface area (Å²) in [6, 6.07) is 66.0. The van der Waals surface area contributed by atoms with E-state index in [9.17, 15) is 0 Å². The van der Waals surface area contributed by atoms with Gasteiger partial charge >= 0.3 is 0 Å². The van der Waals surface area contributed by atoms with Crippen molar-refractivity contribution in [3.8, 4) is 11.1 Å². The lowest BCUT2D eigenvalue weighted by atomic mass is 9.92. The van der Waals surface area contributed by atoms with Crippen LogP contribution < -0.4 is 9.80 Å². The lowest BCUT2D eigenvalue weighted by molar-refractivity contribution is 1.09. The van der Waals surface area contributed by atoms with Crippen LogP contribution in [0.2, 0.25) is 0 Å². The average Bonchev–Trinajstić information content (AvgIpc) is 3.14. The van der Waals surface area contributed by atoms with E-state index in [0.717, 1.165) is 17.8 Å². The van der Waals surface area contributed by atoms with Crippen LogP contribution in [0.25, 0.3) is 32.7 Å². The van der Waals surface area contributed by atoms with Crippen LogP contribution in [0.3, 0.4) is 0 Å². The molecule has 0 amide bonds. The third kappa shape index (κ3) is 4.83. The van der Waals surface area contributed by atoms with Gasteiger partial charge in [0.1, 0.15) is 0 Å². The summed E-state index contributed by atoms with van der Waals surface area (Å²) in [4.78, 5) is 4.78. The van der Waals surface area contributed by atoms with Crippen LogP contribution in [-0.4, -0.2) is 0 Å². The Hall–Kier alpha value is -6.12. The molecular weight excluding hydrogens is 569 g/mol. The molecular formula is C45H32N2. The first-order valence-corrected chi connectivity index (χ1v) is 16.2. The summed E-state index contributed by atoms with van der Waals surface area (Å²) in [7, 11) is 0. The van der Waals surface area contributed by atoms with Crippen LogP contribution in [0.4, 0.5) is 34.1 Å². The third-order valence-corrected chi connectivity index (χ3v) is 9.41. The molecule has 0 unspecified atom stereocenters. The standard InChI is InChI=1S/C45H32N2/c1-2-16-39(17-3-1)46(45-20-10-15-34-12-6-8-18-42(34)45)40-25-21-33(22-26-40)36-24-28-44-38(29-36)30-37-14-7-9-19-43(37)47(44)41-27-23-32-11-4-5-13-35(32)31-41/h1-29,31H,30H2. The minimum absolute atomic E-state index is 0.907. The van der Waals surface area contributed by atoms with Crippen molar-refractivity contribution >= 4 is 55.7 Å². The molecule has 0 bridgehead atoms. The Labute approximate surface area is 275 Å². The molecule has 2 nitrogen and oxygen atoms in total. The van der Waals surface area contributed by atoms with Gasteiger partial charge in [0.15, 0.2) is 0 Å². The van der Waals surface area contributed by atoms with Gasteiger partial charge in [-0.05, 0) is 99.1 Å². The van der Waals surface area contributed by atoms with Crippen molar-refractivity contribution in [3.05, 3.63) is 193 Å². The second kappa shape index (κ2) is 11.3. The molecule has 222 valence electrons. The fourth-order valence-corrected chi connectivity index (χ4v) is 7.14. The summed E-state index contributed by atoms with van der Waals surface area (Å²) in [5.74, 6) is 0. The van der Waals surface area contributed by atoms with Crippen molar-refractivity contribution < 1.29 is 0 Å². The molecule has 9 rings (SSSR count). The maximum Gasteiger partial charge on any atom is 0.0540 e. The maximum atomic E-state index is 2.43. The number of para-hydroxylation sites is 2. The highest BCUT2D eigenvalue weighted by atomic mass is 15.2. The van der Waals surface area contributed by atoms with Crippen LogP contribution >= 0.6 is 0 Å². The number of anilines is 6. The topological polar surface area (TPSA) is 6.48 Å².